The number of hydrogen-bond acceptors (Lipinski definition) is 4. The molecule has 0 saturated heterocycles. The number of carbonyl (C=O) groups excluding carboxylic acids is 1. The van der Waals surface area contributed by atoms with Crippen molar-refractivity contribution in [3.8, 4) is 0 Å². The Bertz CT molecular complexity index is 1080. The second-order valence-corrected chi connectivity index (χ2v) is 7.29. The third kappa shape index (κ3) is 3.54. The van der Waals surface area contributed by atoms with Gasteiger partial charge in [-0.3, -0.25) is 14.9 Å². The lowest BCUT2D eigenvalue weighted by Gasteiger charge is -2.03. The minimum Gasteiger partial charge on any atom is -0.316 e. The van der Waals surface area contributed by atoms with E-state index in [0.29, 0.717) is 11.3 Å². The second kappa shape index (κ2) is 7.39. The van der Waals surface area contributed by atoms with Gasteiger partial charge < -0.3 is 4.57 Å². The van der Waals surface area contributed by atoms with Gasteiger partial charge in [0.1, 0.15) is 5.56 Å². The number of fused-ring (bicyclic) bond motifs is 1. The molecule has 0 bridgehead atoms. The molecule has 134 valence electrons. The van der Waals surface area contributed by atoms with Gasteiger partial charge in [0.2, 0.25) is 0 Å². The molecule has 8 heteroatoms. The molecule has 2 aromatic carbocycles. The van der Waals surface area contributed by atoms with Crippen molar-refractivity contribution in [3.05, 3.63) is 67.5 Å². The van der Waals surface area contributed by atoms with Crippen molar-refractivity contribution >= 4 is 44.7 Å². The van der Waals surface area contributed by atoms with Crippen LogP contribution in [0.5, 0.6) is 0 Å². The molecule has 0 aliphatic rings. The highest BCUT2D eigenvalue weighted by atomic mass is 35.5. The molecule has 0 unspecified atom stereocenters. The first kappa shape index (κ1) is 18.3. The van der Waals surface area contributed by atoms with Crippen molar-refractivity contribution < 1.29 is 9.72 Å². The monoisotopic (exact) mass is 389 g/mol. The molecule has 26 heavy (non-hydrogen) atoms. The number of carbonyl (C=O) groups is 1. The maximum Gasteiger partial charge on any atom is 0.286 e. The Morgan fingerprint density at radius 1 is 1.31 bits per heavy atom. The first-order valence-electron chi connectivity index (χ1n) is 8.03. The van der Waals surface area contributed by atoms with Crippen LogP contribution < -0.4 is 4.80 Å². The summed E-state index contributed by atoms with van der Waals surface area (Å²) in [5.41, 5.74) is 1.70. The predicted octanol–water partition coefficient (Wildman–Crippen LogP) is 4.72. The summed E-state index contributed by atoms with van der Waals surface area (Å²) in [6.07, 6.45) is 0.873. The number of aromatic nitrogens is 1. The predicted molar refractivity (Wildman–Crippen MR) is 103 cm³/mol. The Morgan fingerprint density at radius 2 is 2.08 bits per heavy atom. The van der Waals surface area contributed by atoms with Gasteiger partial charge in [-0.2, -0.15) is 4.99 Å². The van der Waals surface area contributed by atoms with Crippen molar-refractivity contribution in [1.29, 1.82) is 0 Å². The Morgan fingerprint density at radius 3 is 2.77 bits per heavy atom. The maximum atomic E-state index is 12.7. The van der Waals surface area contributed by atoms with Crippen molar-refractivity contribution in [2.45, 2.75) is 26.8 Å². The van der Waals surface area contributed by atoms with Gasteiger partial charge in [-0.25, -0.2) is 0 Å². The van der Waals surface area contributed by atoms with Gasteiger partial charge in [0.05, 0.1) is 15.1 Å². The fourth-order valence-corrected chi connectivity index (χ4v) is 4.02. The van der Waals surface area contributed by atoms with E-state index < -0.39 is 10.8 Å². The highest BCUT2D eigenvalue weighted by Crippen LogP contribution is 2.24. The van der Waals surface area contributed by atoms with E-state index in [1.165, 1.54) is 29.5 Å². The molecular weight excluding hydrogens is 374 g/mol. The van der Waals surface area contributed by atoms with Crippen LogP contribution in [-0.4, -0.2) is 15.4 Å². The quantitative estimate of drug-likeness (QED) is 0.478. The molecule has 1 aromatic heterocycles. The summed E-state index contributed by atoms with van der Waals surface area (Å²) in [5.74, 6) is -0.674. The number of nitrogens with zero attached hydrogens (tertiary/aromatic N) is 3. The third-order valence-electron chi connectivity index (χ3n) is 3.87. The molecule has 6 nitrogen and oxygen atoms in total. The number of benzene rings is 2. The minimum atomic E-state index is -0.674. The van der Waals surface area contributed by atoms with E-state index in [2.05, 4.69) is 4.99 Å². The van der Waals surface area contributed by atoms with E-state index in [1.807, 2.05) is 36.6 Å². The molecule has 0 N–H and O–H groups in total. The van der Waals surface area contributed by atoms with E-state index in [1.54, 1.807) is 0 Å². The molecule has 0 fully saturated rings. The molecule has 1 heterocycles. The first-order valence-corrected chi connectivity index (χ1v) is 9.23. The molecule has 0 aliphatic heterocycles. The molecule has 0 atom stereocenters. The maximum absolute atomic E-state index is 12.7. The third-order valence-corrected chi connectivity index (χ3v) is 5.14. The number of amides is 1. The largest absolute Gasteiger partial charge is 0.316 e. The summed E-state index contributed by atoms with van der Waals surface area (Å²) in [7, 11) is 0. The normalized spacial score (nSPS) is 11.9. The summed E-state index contributed by atoms with van der Waals surface area (Å²) in [6.45, 7) is 4.74. The van der Waals surface area contributed by atoms with E-state index >= 15 is 0 Å². The van der Waals surface area contributed by atoms with Crippen LogP contribution in [0.3, 0.4) is 0 Å². The van der Waals surface area contributed by atoms with E-state index in [-0.39, 0.29) is 16.3 Å². The fourth-order valence-electron chi connectivity index (χ4n) is 2.69. The average molecular weight is 390 g/mol. The van der Waals surface area contributed by atoms with Crippen LogP contribution in [0.2, 0.25) is 5.02 Å². The molecule has 3 aromatic rings. The Kier molecular flexibility index (Phi) is 5.20. The minimum absolute atomic E-state index is 0.112. The van der Waals surface area contributed by atoms with Crippen molar-refractivity contribution in [2.75, 3.05) is 0 Å². The molecule has 0 aliphatic carbocycles. The molecule has 3 rings (SSSR count). The van der Waals surface area contributed by atoms with Gasteiger partial charge in [0.25, 0.3) is 11.6 Å². The number of hydrogen-bond donors (Lipinski definition) is 0. The number of nitro groups is 1. The standard InChI is InChI=1S/C18H16ClN3O3S/c1-3-8-21-15-6-4-11(2)9-16(15)26-18(21)20-17(23)13-10-12(19)5-7-14(13)22(24)25/h4-7,9-10H,3,8H2,1-2H3. The fraction of sp³-hybridized carbons (Fsp3) is 0.222. The SMILES string of the molecule is CCCn1c(=NC(=O)c2cc(Cl)ccc2[N+](=O)[O-])sc2cc(C)ccc21. The zero-order chi connectivity index (χ0) is 18.8. The van der Waals surface area contributed by atoms with Gasteiger partial charge >= 0.3 is 0 Å². The summed E-state index contributed by atoms with van der Waals surface area (Å²) >= 11 is 7.30. The van der Waals surface area contributed by atoms with Crippen LogP contribution in [0.25, 0.3) is 10.2 Å². The van der Waals surface area contributed by atoms with Gasteiger partial charge in [-0.15, -0.1) is 0 Å². The summed E-state index contributed by atoms with van der Waals surface area (Å²) in [4.78, 5) is 28.0. The molecule has 0 radical (unpaired) electrons. The van der Waals surface area contributed by atoms with Crippen LogP contribution in [0.15, 0.2) is 41.4 Å². The number of nitro benzene ring substituents is 1. The topological polar surface area (TPSA) is 77.5 Å². The van der Waals surface area contributed by atoms with Crippen molar-refractivity contribution in [3.63, 3.8) is 0 Å². The Balaban J connectivity index is 2.19. The van der Waals surface area contributed by atoms with Crippen LogP contribution >= 0.6 is 22.9 Å². The summed E-state index contributed by atoms with van der Waals surface area (Å²) in [6, 6.07) is 9.94. The van der Waals surface area contributed by atoms with Gasteiger partial charge in [0.15, 0.2) is 4.80 Å². The lowest BCUT2D eigenvalue weighted by Crippen LogP contribution is -2.17. The van der Waals surface area contributed by atoms with Gasteiger partial charge in [-0.05, 0) is 43.2 Å². The highest BCUT2D eigenvalue weighted by Gasteiger charge is 2.20. The number of halogens is 1. The Labute approximate surface area is 158 Å². The highest BCUT2D eigenvalue weighted by molar-refractivity contribution is 7.16. The number of thiazole rings is 1. The zero-order valence-corrected chi connectivity index (χ0v) is 15.8. The zero-order valence-electron chi connectivity index (χ0n) is 14.2. The number of rotatable bonds is 4. The number of aryl methyl sites for hydroxylation is 2. The Hall–Kier alpha value is -2.51. The second-order valence-electron chi connectivity index (χ2n) is 5.84. The van der Waals surface area contributed by atoms with E-state index in [0.717, 1.165) is 22.2 Å². The molecule has 0 saturated carbocycles. The molecule has 1 amide bonds. The lowest BCUT2D eigenvalue weighted by atomic mass is 10.2. The van der Waals surface area contributed by atoms with E-state index in [4.69, 9.17) is 11.6 Å². The summed E-state index contributed by atoms with van der Waals surface area (Å²) < 4.78 is 2.99. The molecular formula is C18H16ClN3O3S. The van der Waals surface area contributed by atoms with Gasteiger partial charge in [0, 0.05) is 17.6 Å². The van der Waals surface area contributed by atoms with Crippen LogP contribution in [0, 0.1) is 17.0 Å². The summed E-state index contributed by atoms with van der Waals surface area (Å²) in [5, 5.41) is 11.5. The van der Waals surface area contributed by atoms with Crippen LogP contribution in [0.1, 0.15) is 29.3 Å². The molecule has 0 spiro atoms. The van der Waals surface area contributed by atoms with Crippen molar-refractivity contribution in [2.24, 2.45) is 4.99 Å². The lowest BCUT2D eigenvalue weighted by molar-refractivity contribution is -0.385. The smallest absolute Gasteiger partial charge is 0.286 e. The van der Waals surface area contributed by atoms with Gasteiger partial charge in [-0.1, -0.05) is 35.9 Å². The van der Waals surface area contributed by atoms with E-state index in [9.17, 15) is 14.9 Å². The van der Waals surface area contributed by atoms with Crippen molar-refractivity contribution in [1.82, 2.24) is 4.57 Å². The van der Waals surface area contributed by atoms with Crippen LogP contribution in [0.4, 0.5) is 5.69 Å². The average Bonchev–Trinajstić information content (AvgIpc) is 2.91. The van der Waals surface area contributed by atoms with Crippen LogP contribution in [-0.2, 0) is 6.54 Å². The first-order chi connectivity index (χ1) is 12.4.